The monoisotopic (exact) mass is 241 g/mol. The molecule has 6 nitrogen and oxygen atoms in total. The summed E-state index contributed by atoms with van der Waals surface area (Å²) in [7, 11) is 0. The van der Waals surface area contributed by atoms with Crippen molar-refractivity contribution in [1.82, 2.24) is 10.2 Å². The first-order valence-electron chi connectivity index (χ1n) is 4.96. The minimum absolute atomic E-state index is 0.370. The van der Waals surface area contributed by atoms with Crippen molar-refractivity contribution in [1.29, 1.82) is 0 Å². The lowest BCUT2D eigenvalue weighted by Gasteiger charge is -2.07. The topological polar surface area (TPSA) is 92.2 Å². The van der Waals surface area contributed by atoms with E-state index in [1.807, 2.05) is 6.92 Å². The van der Waals surface area contributed by atoms with Crippen molar-refractivity contribution in [2.75, 3.05) is 5.32 Å². The summed E-state index contributed by atoms with van der Waals surface area (Å²) in [5.74, 6) is -1.55. The Morgan fingerprint density at radius 1 is 1.50 bits per heavy atom. The molecule has 7 heteroatoms. The number of aromatic nitrogens is 2. The van der Waals surface area contributed by atoms with Crippen LogP contribution in [0.25, 0.3) is 0 Å². The molecule has 0 unspecified atom stereocenters. The summed E-state index contributed by atoms with van der Waals surface area (Å²) in [6, 6.07) is 0. The highest BCUT2D eigenvalue weighted by Gasteiger charge is 2.57. The molecular weight excluding hydrogens is 230 g/mol. The number of nitrogens with one attached hydrogen (secondary N) is 1. The molecule has 0 saturated heterocycles. The van der Waals surface area contributed by atoms with E-state index in [1.165, 1.54) is 11.3 Å². The first-order chi connectivity index (χ1) is 7.58. The van der Waals surface area contributed by atoms with E-state index in [-0.39, 0.29) is 0 Å². The van der Waals surface area contributed by atoms with Crippen molar-refractivity contribution in [2.45, 2.75) is 26.2 Å². The number of nitrogens with zero attached hydrogens (tertiary/aromatic N) is 2. The standard InChI is InChI=1S/C9H11N3O3S/c1-2-5-11-12-8(16-5)10-6(13)9(3-4-9)7(14)15/h2-4H2,1H3,(H,14,15)(H,10,12,13). The van der Waals surface area contributed by atoms with E-state index < -0.39 is 17.3 Å². The Balaban J connectivity index is 2.05. The molecular formula is C9H11N3O3S. The molecule has 0 aliphatic heterocycles. The summed E-state index contributed by atoms with van der Waals surface area (Å²) < 4.78 is 0. The van der Waals surface area contributed by atoms with E-state index in [4.69, 9.17) is 5.11 Å². The lowest BCUT2D eigenvalue weighted by atomic mass is 10.1. The predicted molar refractivity (Wildman–Crippen MR) is 57.2 cm³/mol. The molecule has 16 heavy (non-hydrogen) atoms. The third-order valence-corrected chi connectivity index (χ3v) is 3.57. The van der Waals surface area contributed by atoms with Gasteiger partial charge < -0.3 is 5.11 Å². The van der Waals surface area contributed by atoms with Gasteiger partial charge in [-0.05, 0) is 19.3 Å². The molecule has 1 aliphatic rings. The number of aryl methyl sites for hydroxylation is 1. The Bertz CT molecular complexity index is 439. The van der Waals surface area contributed by atoms with Crippen LogP contribution in [0, 0.1) is 5.41 Å². The van der Waals surface area contributed by atoms with Crippen molar-refractivity contribution in [2.24, 2.45) is 5.41 Å². The van der Waals surface area contributed by atoms with Crippen molar-refractivity contribution in [3.05, 3.63) is 5.01 Å². The molecule has 2 N–H and O–H groups in total. The van der Waals surface area contributed by atoms with E-state index in [1.54, 1.807) is 0 Å². The predicted octanol–water partition coefficient (Wildman–Crippen LogP) is 0.904. The summed E-state index contributed by atoms with van der Waals surface area (Å²) in [5, 5.41) is 20.2. The summed E-state index contributed by atoms with van der Waals surface area (Å²) in [6.07, 6.45) is 1.54. The third kappa shape index (κ3) is 1.78. The van der Waals surface area contributed by atoms with Crippen molar-refractivity contribution in [3.8, 4) is 0 Å². The molecule has 1 amide bonds. The van der Waals surface area contributed by atoms with Gasteiger partial charge in [0.2, 0.25) is 11.0 Å². The van der Waals surface area contributed by atoms with Crippen LogP contribution in [0.4, 0.5) is 5.13 Å². The van der Waals surface area contributed by atoms with Gasteiger partial charge in [0.25, 0.3) is 0 Å². The Morgan fingerprint density at radius 3 is 2.62 bits per heavy atom. The molecule has 0 radical (unpaired) electrons. The number of carbonyl (C=O) groups is 2. The number of hydrogen-bond donors (Lipinski definition) is 2. The second-order valence-corrected chi connectivity index (χ2v) is 4.76. The maximum Gasteiger partial charge on any atom is 0.319 e. The van der Waals surface area contributed by atoms with Gasteiger partial charge in [0, 0.05) is 0 Å². The van der Waals surface area contributed by atoms with Crippen LogP contribution in [0.15, 0.2) is 0 Å². The van der Waals surface area contributed by atoms with E-state index in [0.717, 1.165) is 11.4 Å². The molecule has 2 rings (SSSR count). The molecule has 0 bridgehead atoms. The molecule has 1 aliphatic carbocycles. The highest BCUT2D eigenvalue weighted by molar-refractivity contribution is 7.15. The lowest BCUT2D eigenvalue weighted by Crippen LogP contribution is -2.31. The molecule has 0 atom stereocenters. The van der Waals surface area contributed by atoms with E-state index in [0.29, 0.717) is 18.0 Å². The Kier molecular flexibility index (Phi) is 2.63. The summed E-state index contributed by atoms with van der Waals surface area (Å²) in [5.41, 5.74) is -1.22. The number of carbonyl (C=O) groups excluding carboxylic acids is 1. The van der Waals surface area contributed by atoms with E-state index in [9.17, 15) is 9.59 Å². The van der Waals surface area contributed by atoms with Gasteiger partial charge in [0.1, 0.15) is 10.4 Å². The number of hydrogen-bond acceptors (Lipinski definition) is 5. The van der Waals surface area contributed by atoms with Crippen LogP contribution >= 0.6 is 11.3 Å². The van der Waals surface area contributed by atoms with Crippen LogP contribution in [0.1, 0.15) is 24.8 Å². The Morgan fingerprint density at radius 2 is 2.19 bits per heavy atom. The van der Waals surface area contributed by atoms with Crippen LogP contribution in [0.5, 0.6) is 0 Å². The molecule has 1 heterocycles. The van der Waals surface area contributed by atoms with E-state index >= 15 is 0 Å². The quantitative estimate of drug-likeness (QED) is 0.764. The van der Waals surface area contributed by atoms with Gasteiger partial charge in [0.15, 0.2) is 0 Å². The highest BCUT2D eigenvalue weighted by Crippen LogP contribution is 2.46. The maximum atomic E-state index is 11.7. The van der Waals surface area contributed by atoms with Crippen molar-refractivity contribution < 1.29 is 14.7 Å². The fourth-order valence-electron chi connectivity index (χ4n) is 1.33. The molecule has 1 aromatic heterocycles. The zero-order chi connectivity index (χ0) is 11.8. The first kappa shape index (κ1) is 11.0. The fraction of sp³-hybridized carbons (Fsp3) is 0.556. The van der Waals surface area contributed by atoms with Crippen LogP contribution in [0.3, 0.4) is 0 Å². The molecule has 1 fully saturated rings. The van der Waals surface area contributed by atoms with Gasteiger partial charge in [-0.15, -0.1) is 10.2 Å². The molecule has 1 aromatic rings. The fourth-order valence-corrected chi connectivity index (χ4v) is 2.00. The summed E-state index contributed by atoms with van der Waals surface area (Å²) in [6.45, 7) is 1.94. The third-order valence-electron chi connectivity index (χ3n) is 2.58. The van der Waals surface area contributed by atoms with Gasteiger partial charge in [-0.2, -0.15) is 0 Å². The molecule has 0 aromatic carbocycles. The number of amides is 1. The second kappa shape index (κ2) is 3.82. The summed E-state index contributed by atoms with van der Waals surface area (Å²) >= 11 is 1.27. The van der Waals surface area contributed by atoms with Crippen LogP contribution in [-0.2, 0) is 16.0 Å². The smallest absolute Gasteiger partial charge is 0.319 e. The van der Waals surface area contributed by atoms with Gasteiger partial charge in [-0.1, -0.05) is 18.3 Å². The largest absolute Gasteiger partial charge is 0.480 e. The van der Waals surface area contributed by atoms with Gasteiger partial charge in [0.05, 0.1) is 0 Å². The highest BCUT2D eigenvalue weighted by atomic mass is 32.1. The average Bonchev–Trinajstić information content (AvgIpc) is 2.95. The SMILES string of the molecule is CCc1nnc(NC(=O)C2(C(=O)O)CC2)s1. The Labute approximate surface area is 95.7 Å². The van der Waals surface area contributed by atoms with Crippen molar-refractivity contribution in [3.63, 3.8) is 0 Å². The zero-order valence-electron chi connectivity index (χ0n) is 8.69. The number of rotatable bonds is 4. The molecule has 0 spiro atoms. The van der Waals surface area contributed by atoms with Gasteiger partial charge in [-0.25, -0.2) is 0 Å². The van der Waals surface area contributed by atoms with Gasteiger partial charge in [-0.3, -0.25) is 14.9 Å². The summed E-state index contributed by atoms with van der Waals surface area (Å²) in [4.78, 5) is 22.6. The molecule has 1 saturated carbocycles. The number of carboxylic acid groups (broad SMARTS) is 1. The number of anilines is 1. The van der Waals surface area contributed by atoms with E-state index in [2.05, 4.69) is 15.5 Å². The Hall–Kier alpha value is -1.50. The maximum absolute atomic E-state index is 11.7. The normalized spacial score (nSPS) is 16.8. The lowest BCUT2D eigenvalue weighted by molar-refractivity contribution is -0.147. The van der Waals surface area contributed by atoms with Crippen LogP contribution in [0.2, 0.25) is 0 Å². The zero-order valence-corrected chi connectivity index (χ0v) is 9.50. The second-order valence-electron chi connectivity index (χ2n) is 3.70. The minimum Gasteiger partial charge on any atom is -0.480 e. The number of aliphatic carboxylic acids is 1. The van der Waals surface area contributed by atoms with Crippen molar-refractivity contribution >= 4 is 28.3 Å². The first-order valence-corrected chi connectivity index (χ1v) is 5.77. The average molecular weight is 241 g/mol. The minimum atomic E-state index is -1.22. The number of carboxylic acids is 1. The van der Waals surface area contributed by atoms with Gasteiger partial charge >= 0.3 is 5.97 Å². The molecule has 86 valence electrons. The van der Waals surface area contributed by atoms with Crippen LogP contribution in [-0.4, -0.2) is 27.2 Å². The van der Waals surface area contributed by atoms with Crippen LogP contribution < -0.4 is 5.32 Å².